The molecule has 1 fully saturated rings. The Morgan fingerprint density at radius 3 is 2.50 bits per heavy atom. The molecular weight excluding hydrogens is 369 g/mol. The van der Waals surface area contributed by atoms with E-state index in [0.717, 1.165) is 23.8 Å². The van der Waals surface area contributed by atoms with E-state index in [1.807, 2.05) is 6.92 Å². The number of amides is 1. The van der Waals surface area contributed by atoms with Gasteiger partial charge in [-0.3, -0.25) is 9.69 Å². The molecule has 1 amide bonds. The molecule has 0 saturated carbocycles. The molecule has 2 aromatic rings. The third-order valence-electron chi connectivity index (χ3n) is 5.36. The van der Waals surface area contributed by atoms with Crippen LogP contribution in [0.15, 0.2) is 42.5 Å². The van der Waals surface area contributed by atoms with E-state index >= 15 is 0 Å². The normalized spacial score (nSPS) is 20.9. The molecule has 4 nitrogen and oxygen atoms in total. The van der Waals surface area contributed by atoms with E-state index in [1.165, 1.54) is 17.0 Å². The van der Waals surface area contributed by atoms with E-state index in [1.54, 1.807) is 24.1 Å². The molecule has 0 spiro atoms. The predicted molar refractivity (Wildman–Crippen MR) is 98.9 cm³/mol. The summed E-state index contributed by atoms with van der Waals surface area (Å²) in [5, 5.41) is 10.0. The summed E-state index contributed by atoms with van der Waals surface area (Å²) < 4.78 is 40.9. The highest BCUT2D eigenvalue weighted by Crippen LogP contribution is 2.34. The first kappa shape index (κ1) is 20.4. The Morgan fingerprint density at radius 2 is 1.82 bits per heavy atom. The molecule has 1 aliphatic heterocycles. The molecule has 0 unspecified atom stereocenters. The average Bonchev–Trinajstić information content (AvgIpc) is 3.03. The van der Waals surface area contributed by atoms with Crippen molar-refractivity contribution in [2.45, 2.75) is 31.5 Å². The van der Waals surface area contributed by atoms with Gasteiger partial charge in [-0.15, -0.1) is 0 Å². The number of rotatable bonds is 5. The number of likely N-dealkylation sites (tertiary alicyclic amines) is 1. The van der Waals surface area contributed by atoms with Crippen molar-refractivity contribution in [3.8, 4) is 0 Å². The van der Waals surface area contributed by atoms with Crippen LogP contribution < -0.4 is 0 Å². The number of aliphatic hydroxyl groups excluding tert-OH is 1. The van der Waals surface area contributed by atoms with Crippen molar-refractivity contribution >= 4 is 5.91 Å². The molecule has 1 saturated heterocycles. The fraction of sp³-hybridized carbons (Fsp3) is 0.381. The maximum atomic E-state index is 14.2. The minimum atomic E-state index is -0.722. The van der Waals surface area contributed by atoms with Gasteiger partial charge in [0.1, 0.15) is 17.5 Å². The molecule has 1 heterocycles. The summed E-state index contributed by atoms with van der Waals surface area (Å²) >= 11 is 0. The molecule has 1 aliphatic rings. The molecule has 28 heavy (non-hydrogen) atoms. The van der Waals surface area contributed by atoms with Crippen molar-refractivity contribution in [1.82, 2.24) is 9.80 Å². The Kier molecular flexibility index (Phi) is 6.05. The number of hydrogen-bond acceptors (Lipinski definition) is 3. The van der Waals surface area contributed by atoms with Crippen molar-refractivity contribution < 1.29 is 23.1 Å². The Morgan fingerprint density at radius 1 is 1.18 bits per heavy atom. The van der Waals surface area contributed by atoms with E-state index in [9.17, 15) is 23.1 Å². The second-order valence-electron chi connectivity index (χ2n) is 7.23. The lowest BCUT2D eigenvalue weighted by atomic mass is 10.0. The number of halogens is 3. The lowest BCUT2D eigenvalue weighted by Crippen LogP contribution is -2.40. The number of carbonyl (C=O) groups excluding carboxylic acids is 1. The number of carbonyl (C=O) groups is 1. The summed E-state index contributed by atoms with van der Waals surface area (Å²) in [6, 6.07) is 8.25. The van der Waals surface area contributed by atoms with E-state index in [-0.39, 0.29) is 42.8 Å². The van der Waals surface area contributed by atoms with Gasteiger partial charge in [0, 0.05) is 25.2 Å². The molecule has 3 rings (SSSR count). The molecule has 2 aromatic carbocycles. The Labute approximate surface area is 162 Å². The van der Waals surface area contributed by atoms with Crippen molar-refractivity contribution in [1.29, 1.82) is 0 Å². The van der Waals surface area contributed by atoms with Crippen molar-refractivity contribution in [3.05, 3.63) is 71.0 Å². The highest BCUT2D eigenvalue weighted by Gasteiger charge is 2.35. The van der Waals surface area contributed by atoms with Gasteiger partial charge in [0.25, 0.3) is 0 Å². The zero-order valence-corrected chi connectivity index (χ0v) is 15.8. The predicted octanol–water partition coefficient (Wildman–Crippen LogP) is 3.43. The second kappa shape index (κ2) is 8.32. The summed E-state index contributed by atoms with van der Waals surface area (Å²) in [5.74, 6) is -1.71. The molecule has 150 valence electrons. The highest BCUT2D eigenvalue weighted by atomic mass is 19.1. The van der Waals surface area contributed by atoms with Crippen LogP contribution in [-0.4, -0.2) is 47.1 Å². The van der Waals surface area contributed by atoms with E-state index < -0.39 is 23.8 Å². The first-order chi connectivity index (χ1) is 13.3. The molecule has 0 aliphatic carbocycles. The largest absolute Gasteiger partial charge is 0.392 e. The lowest BCUT2D eigenvalue weighted by molar-refractivity contribution is -0.133. The van der Waals surface area contributed by atoms with Gasteiger partial charge in [-0.2, -0.15) is 0 Å². The molecule has 0 aromatic heterocycles. The van der Waals surface area contributed by atoms with Crippen LogP contribution in [0.25, 0.3) is 0 Å². The number of β-amino-alcohol motifs (C(OH)–C–C–N with tert-alkyl or cyclic N) is 1. The van der Waals surface area contributed by atoms with Crippen LogP contribution >= 0.6 is 0 Å². The molecule has 0 bridgehead atoms. The van der Waals surface area contributed by atoms with Gasteiger partial charge in [-0.1, -0.05) is 12.1 Å². The Balaban J connectivity index is 1.74. The minimum Gasteiger partial charge on any atom is -0.392 e. The Bertz CT molecular complexity index is 844. The van der Waals surface area contributed by atoms with Gasteiger partial charge in [0.05, 0.1) is 18.7 Å². The number of hydrogen-bond donors (Lipinski definition) is 1. The maximum absolute atomic E-state index is 14.2. The monoisotopic (exact) mass is 392 g/mol. The van der Waals surface area contributed by atoms with E-state index in [2.05, 4.69) is 0 Å². The zero-order chi connectivity index (χ0) is 20.4. The van der Waals surface area contributed by atoms with Gasteiger partial charge in [-0.05, 0) is 49.2 Å². The summed E-state index contributed by atoms with van der Waals surface area (Å²) in [4.78, 5) is 16.0. The second-order valence-corrected chi connectivity index (χ2v) is 7.23. The van der Waals surface area contributed by atoms with Gasteiger partial charge in [0.2, 0.25) is 5.91 Å². The molecule has 3 atom stereocenters. The number of nitrogens with zero attached hydrogens (tertiary/aromatic N) is 2. The summed E-state index contributed by atoms with van der Waals surface area (Å²) in [7, 11) is 1.64. The van der Waals surface area contributed by atoms with E-state index in [4.69, 9.17) is 0 Å². The first-order valence-electron chi connectivity index (χ1n) is 9.14. The molecule has 1 N–H and O–H groups in total. The van der Waals surface area contributed by atoms with Crippen LogP contribution in [0.2, 0.25) is 0 Å². The van der Waals surface area contributed by atoms with Crippen molar-refractivity contribution in [3.63, 3.8) is 0 Å². The molecule has 0 radical (unpaired) electrons. The Hall–Kier alpha value is -2.38. The highest BCUT2D eigenvalue weighted by molar-refractivity contribution is 5.78. The lowest BCUT2D eigenvalue weighted by Gasteiger charge is -2.30. The topological polar surface area (TPSA) is 43.8 Å². The van der Waals surface area contributed by atoms with Crippen molar-refractivity contribution in [2.75, 3.05) is 20.1 Å². The third-order valence-corrected chi connectivity index (χ3v) is 5.36. The van der Waals surface area contributed by atoms with Crippen LogP contribution in [-0.2, 0) is 4.79 Å². The quantitative estimate of drug-likeness (QED) is 0.848. The minimum absolute atomic E-state index is 0.0419. The smallest absolute Gasteiger partial charge is 0.237 e. The fourth-order valence-electron chi connectivity index (χ4n) is 3.61. The average molecular weight is 392 g/mol. The van der Waals surface area contributed by atoms with Gasteiger partial charge in [-0.25, -0.2) is 13.2 Å². The van der Waals surface area contributed by atoms with E-state index in [0.29, 0.717) is 0 Å². The fourth-order valence-corrected chi connectivity index (χ4v) is 3.61. The maximum Gasteiger partial charge on any atom is 0.237 e. The zero-order valence-electron chi connectivity index (χ0n) is 15.8. The van der Waals surface area contributed by atoms with Crippen LogP contribution in [0, 0.1) is 17.5 Å². The van der Waals surface area contributed by atoms with Crippen LogP contribution in [0.4, 0.5) is 13.2 Å². The number of likely N-dealkylation sites (N-methyl/N-ethyl adjacent to an activating group) is 1. The number of benzene rings is 2. The van der Waals surface area contributed by atoms with Gasteiger partial charge >= 0.3 is 0 Å². The third kappa shape index (κ3) is 4.36. The summed E-state index contributed by atoms with van der Waals surface area (Å²) in [6.45, 7) is 1.98. The molecule has 7 heteroatoms. The SMILES string of the molecule is C[C@H](c1ccc(F)cc1)N(C)C(=O)CN1C[C@H](O)C[C@H]1c1cc(F)ccc1F. The standard InChI is InChI=1S/C21H23F3N2O2/c1-13(14-3-5-15(22)6-4-14)25(2)21(28)12-26-11-17(27)10-20(26)18-9-16(23)7-8-19(18)24/h3-9,13,17,20,27H,10-12H2,1-2H3/t13-,17-,20+/m1/s1. The number of aliphatic hydroxyl groups is 1. The van der Waals surface area contributed by atoms with Crippen LogP contribution in [0.3, 0.4) is 0 Å². The van der Waals surface area contributed by atoms with Crippen molar-refractivity contribution in [2.24, 2.45) is 0 Å². The first-order valence-corrected chi connectivity index (χ1v) is 9.14. The molecular formula is C21H23F3N2O2. The van der Waals surface area contributed by atoms with Crippen LogP contribution in [0.1, 0.15) is 36.6 Å². The van der Waals surface area contributed by atoms with Crippen LogP contribution in [0.5, 0.6) is 0 Å². The van der Waals surface area contributed by atoms with Gasteiger partial charge < -0.3 is 10.0 Å². The summed E-state index contributed by atoms with van der Waals surface area (Å²) in [5.41, 5.74) is 0.921. The van der Waals surface area contributed by atoms with Gasteiger partial charge in [0.15, 0.2) is 0 Å². The summed E-state index contributed by atoms with van der Waals surface area (Å²) in [6.07, 6.45) is -0.495.